The third-order valence-electron chi connectivity index (χ3n) is 0.553. The molecule has 0 aromatic carbocycles. The lowest BCUT2D eigenvalue weighted by atomic mass is 10.7. The van der Waals surface area contributed by atoms with Gasteiger partial charge in [0.1, 0.15) is 0 Å². The molecule has 0 fully saturated rings. The highest BCUT2D eigenvalue weighted by atomic mass is 16.5. The average molecular weight is 114 g/mol. The van der Waals surface area contributed by atoms with Crippen LogP contribution < -0.4 is 0 Å². The molecule has 0 unspecified atom stereocenters. The van der Waals surface area contributed by atoms with Gasteiger partial charge in [0.05, 0.1) is 0 Å². The minimum Gasteiger partial charge on any atom is -0.475 e. The van der Waals surface area contributed by atoms with Crippen LogP contribution in [0.4, 0.5) is 0 Å². The number of hydrogen-bond donors (Lipinski definition) is 1. The second-order valence-electron chi connectivity index (χ2n) is 1.06. The number of carboxylic acid groups (broad SMARTS) is 1. The topological polar surface area (TPSA) is 76.2 Å². The van der Waals surface area contributed by atoms with Gasteiger partial charge in [0.2, 0.25) is 6.39 Å². The van der Waals surface area contributed by atoms with E-state index in [2.05, 4.69) is 14.7 Å². The lowest BCUT2D eigenvalue weighted by Gasteiger charge is -1.73. The molecule has 5 nitrogen and oxygen atoms in total. The molecule has 0 saturated heterocycles. The van der Waals surface area contributed by atoms with E-state index in [0.717, 1.165) is 6.39 Å². The largest absolute Gasteiger partial charge is 0.475 e. The van der Waals surface area contributed by atoms with E-state index in [4.69, 9.17) is 5.11 Å². The highest BCUT2D eigenvalue weighted by Crippen LogP contribution is 1.84. The molecule has 42 valence electrons. The lowest BCUT2D eigenvalue weighted by molar-refractivity contribution is 0.0680. The first kappa shape index (κ1) is 4.76. The van der Waals surface area contributed by atoms with E-state index in [1.165, 1.54) is 0 Å². The Bertz CT molecular complexity index is 180. The third kappa shape index (κ3) is 0.651. The van der Waals surface area contributed by atoms with Gasteiger partial charge in [0, 0.05) is 0 Å². The van der Waals surface area contributed by atoms with Gasteiger partial charge in [-0.25, -0.2) is 4.79 Å². The number of aromatic nitrogens is 2. The Morgan fingerprint density at radius 3 is 2.88 bits per heavy atom. The maximum Gasteiger partial charge on any atom is 0.377 e. The minimum atomic E-state index is -1.18. The summed E-state index contributed by atoms with van der Waals surface area (Å²) in [5.41, 5.74) is 0. The molecule has 0 bridgehead atoms. The van der Waals surface area contributed by atoms with Crippen LogP contribution in [0.2, 0.25) is 0 Å². The fourth-order valence-corrected chi connectivity index (χ4v) is 0.265. The maximum absolute atomic E-state index is 9.88. The number of rotatable bonds is 1. The van der Waals surface area contributed by atoms with E-state index >= 15 is 0 Å². The van der Waals surface area contributed by atoms with E-state index in [-0.39, 0.29) is 5.82 Å². The highest BCUT2D eigenvalue weighted by molar-refractivity contribution is 5.82. The fraction of sp³-hybridized carbons (Fsp3) is 0. The molecule has 1 aromatic rings. The molecule has 0 saturated carbocycles. The van der Waals surface area contributed by atoms with Gasteiger partial charge in [-0.05, 0) is 0 Å². The van der Waals surface area contributed by atoms with Crippen molar-refractivity contribution >= 4 is 5.97 Å². The summed E-state index contributed by atoms with van der Waals surface area (Å²) >= 11 is 0. The van der Waals surface area contributed by atoms with E-state index in [1.807, 2.05) is 0 Å². The second kappa shape index (κ2) is 1.61. The average Bonchev–Trinajstić information content (AvgIpc) is 2.12. The summed E-state index contributed by atoms with van der Waals surface area (Å²) in [5.74, 6) is -1.50. The van der Waals surface area contributed by atoms with Crippen LogP contribution >= 0.6 is 0 Å². The van der Waals surface area contributed by atoms with Crippen LogP contribution in [0.5, 0.6) is 0 Å². The van der Waals surface area contributed by atoms with Crippen LogP contribution in [0.1, 0.15) is 10.6 Å². The monoisotopic (exact) mass is 114 g/mol. The predicted molar refractivity (Wildman–Crippen MR) is 21.3 cm³/mol. The van der Waals surface area contributed by atoms with Crippen LogP contribution in [-0.2, 0) is 0 Å². The SMILES string of the molecule is O=C(O)c1ncon1. The van der Waals surface area contributed by atoms with Gasteiger partial charge in [-0.1, -0.05) is 5.16 Å². The Balaban J connectivity index is 2.93. The molecule has 8 heavy (non-hydrogen) atoms. The van der Waals surface area contributed by atoms with Gasteiger partial charge < -0.3 is 9.63 Å². The highest BCUT2D eigenvalue weighted by Gasteiger charge is 2.05. The molecule has 0 aliphatic rings. The molecule has 0 amide bonds. The Morgan fingerprint density at radius 1 is 1.88 bits per heavy atom. The Morgan fingerprint density at radius 2 is 2.62 bits per heavy atom. The van der Waals surface area contributed by atoms with Gasteiger partial charge in [0.25, 0.3) is 5.82 Å². The maximum atomic E-state index is 9.88. The Kier molecular flexibility index (Phi) is 0.957. The molecule has 1 rings (SSSR count). The van der Waals surface area contributed by atoms with Crippen molar-refractivity contribution in [3.8, 4) is 0 Å². The molecule has 1 N–H and O–H groups in total. The molecular weight excluding hydrogens is 112 g/mol. The van der Waals surface area contributed by atoms with Crippen molar-refractivity contribution in [3.63, 3.8) is 0 Å². The van der Waals surface area contributed by atoms with Crippen molar-refractivity contribution in [2.45, 2.75) is 0 Å². The summed E-state index contributed by atoms with van der Waals surface area (Å²) in [6.45, 7) is 0. The Hall–Kier alpha value is -1.39. The number of aromatic carboxylic acids is 1. The molecular formula is C3H2N2O3. The predicted octanol–water partition coefficient (Wildman–Crippen LogP) is -0.232. The number of carboxylic acids is 1. The van der Waals surface area contributed by atoms with Crippen molar-refractivity contribution in [1.82, 2.24) is 10.1 Å². The second-order valence-corrected chi connectivity index (χ2v) is 1.06. The van der Waals surface area contributed by atoms with Crippen LogP contribution in [0.25, 0.3) is 0 Å². The summed E-state index contributed by atoms with van der Waals surface area (Å²) in [6, 6.07) is 0. The summed E-state index contributed by atoms with van der Waals surface area (Å²) in [6.07, 6.45) is 0.962. The minimum absolute atomic E-state index is 0.315. The van der Waals surface area contributed by atoms with Gasteiger partial charge >= 0.3 is 5.97 Å². The first-order valence-electron chi connectivity index (χ1n) is 1.80. The lowest BCUT2D eigenvalue weighted by Crippen LogP contribution is -1.97. The van der Waals surface area contributed by atoms with E-state index in [1.54, 1.807) is 0 Å². The molecule has 0 atom stereocenters. The Labute approximate surface area is 43.9 Å². The normalized spacial score (nSPS) is 9.00. The van der Waals surface area contributed by atoms with Crippen molar-refractivity contribution in [2.75, 3.05) is 0 Å². The van der Waals surface area contributed by atoms with Crippen LogP contribution in [0.3, 0.4) is 0 Å². The zero-order valence-electron chi connectivity index (χ0n) is 3.74. The molecule has 0 aliphatic heterocycles. The molecule has 0 aliphatic carbocycles. The fourth-order valence-electron chi connectivity index (χ4n) is 0.265. The smallest absolute Gasteiger partial charge is 0.377 e. The van der Waals surface area contributed by atoms with Gasteiger partial charge in [-0.3, -0.25) is 0 Å². The molecule has 0 radical (unpaired) electrons. The first-order valence-corrected chi connectivity index (χ1v) is 1.80. The van der Waals surface area contributed by atoms with Crippen molar-refractivity contribution in [3.05, 3.63) is 12.2 Å². The van der Waals surface area contributed by atoms with Crippen LogP contribution in [0, 0.1) is 0 Å². The van der Waals surface area contributed by atoms with Crippen LogP contribution in [0.15, 0.2) is 10.9 Å². The quantitative estimate of drug-likeness (QED) is 0.545. The van der Waals surface area contributed by atoms with Crippen LogP contribution in [-0.4, -0.2) is 21.2 Å². The standard InChI is InChI=1S/C3H2N2O3/c6-3(7)2-4-1-8-5-2/h1H,(H,6,7). The number of hydrogen-bond acceptors (Lipinski definition) is 4. The zero-order chi connectivity index (χ0) is 5.98. The third-order valence-corrected chi connectivity index (χ3v) is 0.553. The summed E-state index contributed by atoms with van der Waals surface area (Å²) < 4.78 is 4.13. The van der Waals surface area contributed by atoms with E-state index < -0.39 is 5.97 Å². The molecule has 1 aromatic heterocycles. The first-order chi connectivity index (χ1) is 3.80. The summed E-state index contributed by atoms with van der Waals surface area (Å²) in [5, 5.41) is 11.1. The van der Waals surface area contributed by atoms with Crippen molar-refractivity contribution < 1.29 is 14.4 Å². The van der Waals surface area contributed by atoms with Crippen molar-refractivity contribution in [1.29, 1.82) is 0 Å². The van der Waals surface area contributed by atoms with E-state index in [9.17, 15) is 4.79 Å². The summed E-state index contributed by atoms with van der Waals surface area (Å²) in [4.78, 5) is 13.1. The molecule has 5 heteroatoms. The number of nitrogens with zero attached hydrogens (tertiary/aromatic N) is 2. The van der Waals surface area contributed by atoms with Gasteiger partial charge in [-0.15, -0.1) is 0 Å². The van der Waals surface area contributed by atoms with Gasteiger partial charge in [0.15, 0.2) is 0 Å². The summed E-state index contributed by atoms with van der Waals surface area (Å²) in [7, 11) is 0. The van der Waals surface area contributed by atoms with E-state index in [0.29, 0.717) is 0 Å². The zero-order valence-corrected chi connectivity index (χ0v) is 3.74. The van der Waals surface area contributed by atoms with Gasteiger partial charge in [-0.2, -0.15) is 4.98 Å². The number of carbonyl (C=O) groups is 1. The molecule has 1 heterocycles. The van der Waals surface area contributed by atoms with Crippen molar-refractivity contribution in [2.24, 2.45) is 0 Å². The molecule has 0 spiro atoms.